The second-order valence-corrected chi connectivity index (χ2v) is 22.4. The van der Waals surface area contributed by atoms with Crippen molar-refractivity contribution in [2.75, 3.05) is 9.71 Å². The maximum atomic E-state index is 2.79. The summed E-state index contributed by atoms with van der Waals surface area (Å²) in [7, 11) is 0. The molecule has 0 bridgehead atoms. The first-order valence-electron chi connectivity index (χ1n) is 23.3. The number of rotatable bonds is 3. The van der Waals surface area contributed by atoms with Crippen LogP contribution in [0.15, 0.2) is 170 Å². The third-order valence-corrected chi connectivity index (χ3v) is 18.2. The van der Waals surface area contributed by atoms with Gasteiger partial charge in [-0.25, -0.2) is 0 Å². The van der Waals surface area contributed by atoms with Crippen molar-refractivity contribution in [2.24, 2.45) is 0 Å². The summed E-state index contributed by atoms with van der Waals surface area (Å²) in [5.74, 6) is 0. The molecule has 65 heavy (non-hydrogen) atoms. The number of para-hydroxylation sites is 2. The average Bonchev–Trinajstić information content (AvgIpc) is 3.91. The van der Waals surface area contributed by atoms with Crippen LogP contribution in [-0.4, -0.2) is 6.85 Å². The Morgan fingerprint density at radius 1 is 0.477 bits per heavy atom. The van der Waals surface area contributed by atoms with Gasteiger partial charge >= 0.3 is 6.85 Å². The van der Waals surface area contributed by atoms with Gasteiger partial charge in [-0.3, -0.25) is 0 Å². The van der Waals surface area contributed by atoms with E-state index in [1.807, 2.05) is 22.7 Å². The minimum atomic E-state index is -0.552. The van der Waals surface area contributed by atoms with Gasteiger partial charge in [0.1, 0.15) is 0 Å². The maximum Gasteiger partial charge on any atom is 0.334 e. The van der Waals surface area contributed by atoms with Crippen molar-refractivity contribution < 1.29 is 0 Å². The summed E-state index contributed by atoms with van der Waals surface area (Å²) >= 11 is 3.92. The van der Waals surface area contributed by atoms with Gasteiger partial charge in [0.25, 0.3) is 0 Å². The molecular weight excluding hydrogens is 824 g/mol. The van der Waals surface area contributed by atoms with Gasteiger partial charge in [-0.05, 0) is 122 Å². The molecule has 0 amide bonds. The normalized spacial score (nSPS) is 16.8. The highest BCUT2D eigenvalue weighted by Crippen LogP contribution is 2.62. The number of hydrogen-bond acceptors (Lipinski definition) is 4. The summed E-state index contributed by atoms with van der Waals surface area (Å²) in [4.78, 5) is 5.55. The van der Waals surface area contributed by atoms with Crippen molar-refractivity contribution in [1.82, 2.24) is 0 Å². The highest BCUT2D eigenvalue weighted by atomic mass is 32.1. The molecule has 312 valence electrons. The zero-order valence-corrected chi connectivity index (χ0v) is 39.0. The lowest BCUT2D eigenvalue weighted by Gasteiger charge is -2.52. The molecule has 5 heteroatoms. The van der Waals surface area contributed by atoms with Crippen LogP contribution in [0.3, 0.4) is 0 Å². The van der Waals surface area contributed by atoms with Gasteiger partial charge in [-0.15, -0.1) is 22.7 Å². The fourth-order valence-electron chi connectivity index (χ4n) is 12.8. The molecule has 5 heterocycles. The first-order valence-corrected chi connectivity index (χ1v) is 24.9. The Hall–Kier alpha value is -6.40. The Balaban J connectivity index is 1.18. The molecule has 0 saturated carbocycles. The maximum absolute atomic E-state index is 2.79. The van der Waals surface area contributed by atoms with E-state index < -0.39 is 5.41 Å². The Bertz CT molecular complexity index is 3610. The summed E-state index contributed by atoms with van der Waals surface area (Å²) in [6, 6.07) is 65.3. The first kappa shape index (κ1) is 37.9. The number of thiophene rings is 2. The van der Waals surface area contributed by atoms with Gasteiger partial charge in [0, 0.05) is 41.8 Å². The third-order valence-electron chi connectivity index (χ3n) is 15.9. The molecule has 1 aliphatic carbocycles. The van der Waals surface area contributed by atoms with E-state index in [0.717, 1.165) is 0 Å². The molecule has 2 aromatic heterocycles. The highest BCUT2D eigenvalue weighted by molar-refractivity contribution is 7.27. The lowest BCUT2D eigenvalue weighted by atomic mass is 9.42. The Morgan fingerprint density at radius 3 is 1.80 bits per heavy atom. The Kier molecular flexibility index (Phi) is 7.66. The van der Waals surface area contributed by atoms with Crippen molar-refractivity contribution in [1.29, 1.82) is 0 Å². The number of benzene rings is 8. The van der Waals surface area contributed by atoms with Crippen LogP contribution in [0.2, 0.25) is 0 Å². The van der Waals surface area contributed by atoms with Gasteiger partial charge < -0.3 is 9.71 Å². The summed E-state index contributed by atoms with van der Waals surface area (Å²) in [5.41, 5.74) is 19.8. The van der Waals surface area contributed by atoms with Crippen molar-refractivity contribution in [2.45, 2.75) is 63.7 Å². The quantitative estimate of drug-likeness (QED) is 0.163. The first-order chi connectivity index (χ1) is 31.7. The van der Waals surface area contributed by atoms with E-state index >= 15 is 0 Å². The van der Waals surface area contributed by atoms with Crippen molar-refractivity contribution in [3.63, 3.8) is 0 Å². The van der Waals surface area contributed by atoms with E-state index in [1.165, 1.54) is 132 Å². The van der Waals surface area contributed by atoms with Crippen molar-refractivity contribution in [3.05, 3.63) is 209 Å². The van der Waals surface area contributed by atoms with Crippen LogP contribution >= 0.6 is 22.7 Å². The van der Waals surface area contributed by atoms with Crippen LogP contribution < -0.4 is 20.6 Å². The zero-order valence-electron chi connectivity index (χ0n) is 37.4. The number of nitrogens with zero attached hydrogens (tertiary/aromatic N) is 2. The van der Waals surface area contributed by atoms with Gasteiger partial charge in [-0.2, -0.15) is 0 Å². The lowest BCUT2D eigenvalue weighted by Crippen LogP contribution is -2.63. The lowest BCUT2D eigenvalue weighted by molar-refractivity contribution is 0.332. The molecular formula is C60H47BN2S2. The molecule has 0 radical (unpaired) electrons. The van der Waals surface area contributed by atoms with Crippen LogP contribution in [0.5, 0.6) is 0 Å². The van der Waals surface area contributed by atoms with Crippen LogP contribution in [0.4, 0.5) is 27.8 Å². The highest BCUT2D eigenvalue weighted by Gasteiger charge is 2.55. The monoisotopic (exact) mass is 870 g/mol. The molecule has 4 aliphatic rings. The molecule has 0 unspecified atom stereocenters. The van der Waals surface area contributed by atoms with Crippen LogP contribution in [-0.2, 0) is 16.2 Å². The summed E-state index contributed by atoms with van der Waals surface area (Å²) in [6.07, 6.45) is 2.37. The van der Waals surface area contributed by atoms with Gasteiger partial charge in [0.2, 0.25) is 0 Å². The largest absolute Gasteiger partial charge is 0.376 e. The number of anilines is 5. The number of aryl methyl sites for hydroxylation is 1. The third kappa shape index (κ3) is 4.85. The second kappa shape index (κ2) is 13.1. The second-order valence-electron chi connectivity index (χ2n) is 20.2. The van der Waals surface area contributed by atoms with E-state index in [1.54, 1.807) is 0 Å². The molecule has 14 rings (SSSR count). The van der Waals surface area contributed by atoms with Crippen LogP contribution in [0.25, 0.3) is 41.4 Å². The average molecular weight is 871 g/mol. The molecule has 0 atom stereocenters. The number of hydrogen-bond donors (Lipinski definition) is 0. The predicted molar refractivity (Wildman–Crippen MR) is 280 cm³/mol. The molecule has 8 aromatic carbocycles. The smallest absolute Gasteiger partial charge is 0.334 e. The molecule has 0 saturated heterocycles. The minimum Gasteiger partial charge on any atom is -0.376 e. The van der Waals surface area contributed by atoms with E-state index in [-0.39, 0.29) is 17.7 Å². The minimum absolute atomic E-state index is 0.0615. The molecule has 3 aliphatic heterocycles. The molecule has 0 N–H and O–H groups in total. The molecule has 10 aromatic rings. The van der Waals surface area contributed by atoms with E-state index in [0.29, 0.717) is 0 Å². The van der Waals surface area contributed by atoms with Gasteiger partial charge in [0.05, 0.1) is 21.8 Å². The standard InChI is InChI=1S/C60H47BN2S2/c1-36-33-45-46(59(4,5)32-31-58(45,2)3)35-48(36)62-56-52-40-23-12-16-29-49(40)64-51(52)34-42-39-25-18-27-44-55(39)63(61(53(42)56)54-41-24-13-17-30-50(41)65-57(54)62)47-28-15-14-26-43(47)60(44,37-19-8-6-9-20-37)38-21-10-7-11-22-38/h6-30,33-35H,31-32H2,1-5H3. The van der Waals surface area contributed by atoms with E-state index in [2.05, 4.69) is 214 Å². The van der Waals surface area contributed by atoms with Gasteiger partial charge in [0.15, 0.2) is 0 Å². The molecule has 0 fully saturated rings. The van der Waals surface area contributed by atoms with Crippen molar-refractivity contribution in [3.8, 4) is 11.1 Å². The summed E-state index contributed by atoms with van der Waals surface area (Å²) in [6.45, 7) is 12.1. The molecule has 2 nitrogen and oxygen atoms in total. The fourth-order valence-corrected chi connectivity index (χ4v) is 15.2. The van der Waals surface area contributed by atoms with E-state index in [4.69, 9.17) is 0 Å². The molecule has 0 spiro atoms. The van der Waals surface area contributed by atoms with Crippen LogP contribution in [0, 0.1) is 6.92 Å². The summed E-state index contributed by atoms with van der Waals surface area (Å²) in [5, 5.41) is 5.37. The zero-order chi connectivity index (χ0) is 43.6. The van der Waals surface area contributed by atoms with Crippen molar-refractivity contribution >= 4 is 98.5 Å². The Morgan fingerprint density at radius 2 is 1.08 bits per heavy atom. The van der Waals surface area contributed by atoms with Gasteiger partial charge in [-0.1, -0.05) is 167 Å². The fraction of sp³-hybridized carbons (Fsp3) is 0.167. The Labute approximate surface area is 389 Å². The SMILES string of the molecule is Cc1cc2c(cc1N1c3sc4ccccc4c3B3c4c(cc5sc6ccccc6c5c41)-c1cccc4c1N3c1ccccc1C4(c1ccccc1)c1ccccc1)C(C)(C)CCC2(C)C. The number of fused-ring (bicyclic) bond motifs is 13. The topological polar surface area (TPSA) is 6.48 Å². The predicted octanol–water partition coefficient (Wildman–Crippen LogP) is 15.3. The van der Waals surface area contributed by atoms with Crippen LogP contribution in [0.1, 0.15) is 79.5 Å². The van der Waals surface area contributed by atoms with E-state index in [9.17, 15) is 0 Å². The summed E-state index contributed by atoms with van der Waals surface area (Å²) < 4.78 is 4.00.